The molecule has 2 aromatic rings. The van der Waals surface area contributed by atoms with Crippen LogP contribution in [0.4, 0.5) is 0 Å². The van der Waals surface area contributed by atoms with Crippen molar-refractivity contribution in [2.75, 3.05) is 0 Å². The largest absolute Gasteiger partial charge is 0.508 e. The van der Waals surface area contributed by atoms with Gasteiger partial charge in [-0.05, 0) is 59.2 Å². The van der Waals surface area contributed by atoms with Crippen LogP contribution in [-0.2, 0) is 19.3 Å². The lowest BCUT2D eigenvalue weighted by atomic mass is 9.90. The molecule has 0 aliphatic rings. The number of rotatable bonds is 6. The van der Waals surface area contributed by atoms with Crippen molar-refractivity contribution in [1.29, 1.82) is 0 Å². The minimum Gasteiger partial charge on any atom is -0.508 e. The van der Waals surface area contributed by atoms with Gasteiger partial charge in [-0.1, -0.05) is 57.9 Å². The number of hydrogen-bond acceptors (Lipinski definition) is 1. The Bertz CT molecular complexity index is 599. The Morgan fingerprint density at radius 3 is 2.19 bits per heavy atom. The lowest BCUT2D eigenvalue weighted by Crippen LogP contribution is -1.96. The van der Waals surface area contributed by atoms with Crippen LogP contribution in [0, 0.1) is 0 Å². The summed E-state index contributed by atoms with van der Waals surface area (Å²) >= 11 is 0. The van der Waals surface area contributed by atoms with Crippen molar-refractivity contribution < 1.29 is 5.11 Å². The van der Waals surface area contributed by atoms with E-state index in [0.29, 0.717) is 5.75 Å². The first kappa shape index (κ1) is 15.6. The van der Waals surface area contributed by atoms with Gasteiger partial charge in [-0.25, -0.2) is 0 Å². The van der Waals surface area contributed by atoms with Crippen LogP contribution in [-0.4, -0.2) is 5.11 Å². The maximum Gasteiger partial charge on any atom is 0.116 e. The number of aromatic hydroxyl groups is 1. The standard InChI is InChI=1S/C20H26O/c1-4-7-15-9-12-19(17(13-15)8-5-2)20-14-18(21)11-10-16(20)6-3/h9-14,21H,4-8H2,1-3H3. The first-order chi connectivity index (χ1) is 10.2. The number of hydrogen-bond donors (Lipinski definition) is 1. The molecular formula is C20H26O. The van der Waals surface area contributed by atoms with Crippen LogP contribution in [0.15, 0.2) is 36.4 Å². The van der Waals surface area contributed by atoms with Crippen LogP contribution in [0.25, 0.3) is 11.1 Å². The maximum absolute atomic E-state index is 9.85. The molecule has 0 aromatic heterocycles. The number of aryl methyl sites for hydroxylation is 3. The molecule has 112 valence electrons. The Morgan fingerprint density at radius 1 is 0.762 bits per heavy atom. The van der Waals surface area contributed by atoms with E-state index in [1.807, 2.05) is 12.1 Å². The molecule has 1 nitrogen and oxygen atoms in total. The van der Waals surface area contributed by atoms with E-state index in [1.54, 1.807) is 6.07 Å². The van der Waals surface area contributed by atoms with Crippen molar-refractivity contribution in [3.05, 3.63) is 53.1 Å². The highest BCUT2D eigenvalue weighted by Gasteiger charge is 2.10. The molecule has 21 heavy (non-hydrogen) atoms. The Morgan fingerprint density at radius 2 is 1.52 bits per heavy atom. The minimum atomic E-state index is 0.349. The SMILES string of the molecule is CCCc1ccc(-c2cc(O)ccc2CC)c(CCC)c1. The van der Waals surface area contributed by atoms with Crippen molar-refractivity contribution in [2.24, 2.45) is 0 Å². The average molecular weight is 282 g/mol. The fourth-order valence-electron chi connectivity index (χ4n) is 2.95. The van der Waals surface area contributed by atoms with Gasteiger partial charge in [0, 0.05) is 0 Å². The third-order valence-corrected chi connectivity index (χ3v) is 3.99. The van der Waals surface area contributed by atoms with Crippen LogP contribution in [0.3, 0.4) is 0 Å². The van der Waals surface area contributed by atoms with Crippen molar-refractivity contribution >= 4 is 0 Å². The van der Waals surface area contributed by atoms with Crippen LogP contribution >= 0.6 is 0 Å². The molecule has 0 fully saturated rings. The van der Waals surface area contributed by atoms with Crippen molar-refractivity contribution in [3.63, 3.8) is 0 Å². The van der Waals surface area contributed by atoms with Gasteiger partial charge >= 0.3 is 0 Å². The second-order valence-electron chi connectivity index (χ2n) is 5.69. The van der Waals surface area contributed by atoms with Crippen LogP contribution in [0.1, 0.15) is 50.3 Å². The Kier molecular flexibility index (Phi) is 5.44. The third kappa shape index (κ3) is 3.66. The summed E-state index contributed by atoms with van der Waals surface area (Å²) in [7, 11) is 0. The lowest BCUT2D eigenvalue weighted by Gasteiger charge is -2.15. The number of benzene rings is 2. The van der Waals surface area contributed by atoms with Crippen molar-refractivity contribution in [1.82, 2.24) is 0 Å². The van der Waals surface area contributed by atoms with Gasteiger partial charge in [0.25, 0.3) is 0 Å². The van der Waals surface area contributed by atoms with E-state index in [9.17, 15) is 5.11 Å². The molecular weight excluding hydrogens is 256 g/mol. The number of phenolic OH excluding ortho intramolecular Hbond substituents is 1. The Labute approximate surface area is 128 Å². The van der Waals surface area contributed by atoms with E-state index < -0.39 is 0 Å². The second-order valence-corrected chi connectivity index (χ2v) is 5.69. The predicted molar refractivity (Wildman–Crippen MR) is 90.9 cm³/mol. The molecule has 0 spiro atoms. The number of phenols is 1. The molecule has 0 saturated heterocycles. The van der Waals surface area contributed by atoms with Crippen LogP contribution in [0.5, 0.6) is 5.75 Å². The van der Waals surface area contributed by atoms with E-state index in [0.717, 1.165) is 25.7 Å². The quantitative estimate of drug-likeness (QED) is 0.739. The van der Waals surface area contributed by atoms with E-state index >= 15 is 0 Å². The van der Waals surface area contributed by atoms with Gasteiger partial charge in [-0.2, -0.15) is 0 Å². The van der Waals surface area contributed by atoms with Gasteiger partial charge in [0.05, 0.1) is 0 Å². The van der Waals surface area contributed by atoms with Gasteiger partial charge in [-0.3, -0.25) is 0 Å². The average Bonchev–Trinajstić information content (AvgIpc) is 2.48. The summed E-state index contributed by atoms with van der Waals surface area (Å²) in [6.45, 7) is 6.61. The summed E-state index contributed by atoms with van der Waals surface area (Å²) in [6, 6.07) is 12.6. The third-order valence-electron chi connectivity index (χ3n) is 3.99. The summed E-state index contributed by atoms with van der Waals surface area (Å²) in [5, 5.41) is 9.85. The normalized spacial score (nSPS) is 10.8. The molecule has 0 radical (unpaired) electrons. The monoisotopic (exact) mass is 282 g/mol. The summed E-state index contributed by atoms with van der Waals surface area (Å²) in [5.41, 5.74) is 6.59. The molecule has 0 bridgehead atoms. The summed E-state index contributed by atoms with van der Waals surface area (Å²) in [4.78, 5) is 0. The fraction of sp³-hybridized carbons (Fsp3) is 0.400. The zero-order valence-corrected chi connectivity index (χ0v) is 13.4. The van der Waals surface area contributed by atoms with Gasteiger partial charge in [0.15, 0.2) is 0 Å². The maximum atomic E-state index is 9.85. The smallest absolute Gasteiger partial charge is 0.116 e. The molecule has 0 aliphatic heterocycles. The molecule has 2 rings (SSSR count). The molecule has 1 heteroatoms. The van der Waals surface area contributed by atoms with Gasteiger partial charge in [0.1, 0.15) is 5.75 Å². The summed E-state index contributed by atoms with van der Waals surface area (Å²) in [5.74, 6) is 0.349. The molecule has 0 unspecified atom stereocenters. The lowest BCUT2D eigenvalue weighted by molar-refractivity contribution is 0.475. The van der Waals surface area contributed by atoms with Crippen LogP contribution in [0.2, 0.25) is 0 Å². The first-order valence-corrected chi connectivity index (χ1v) is 8.13. The minimum absolute atomic E-state index is 0.349. The Balaban J connectivity index is 2.54. The molecule has 1 N–H and O–H groups in total. The van der Waals surface area contributed by atoms with Gasteiger partial charge in [0.2, 0.25) is 0 Å². The Hall–Kier alpha value is -1.76. The summed E-state index contributed by atoms with van der Waals surface area (Å²) < 4.78 is 0. The van der Waals surface area contributed by atoms with Crippen molar-refractivity contribution in [2.45, 2.75) is 52.9 Å². The second kappa shape index (κ2) is 7.31. The molecule has 0 atom stereocenters. The van der Waals surface area contributed by atoms with E-state index in [4.69, 9.17) is 0 Å². The fourth-order valence-corrected chi connectivity index (χ4v) is 2.95. The zero-order chi connectivity index (χ0) is 15.2. The molecule has 0 heterocycles. The highest BCUT2D eigenvalue weighted by molar-refractivity contribution is 5.72. The van der Waals surface area contributed by atoms with Crippen LogP contribution < -0.4 is 0 Å². The molecule has 2 aromatic carbocycles. The summed E-state index contributed by atoms with van der Waals surface area (Å²) in [6.07, 6.45) is 5.53. The molecule has 0 saturated carbocycles. The zero-order valence-electron chi connectivity index (χ0n) is 13.4. The molecule has 0 amide bonds. The molecule has 0 aliphatic carbocycles. The van der Waals surface area contributed by atoms with Gasteiger partial charge < -0.3 is 5.11 Å². The highest BCUT2D eigenvalue weighted by Crippen LogP contribution is 2.32. The predicted octanol–water partition coefficient (Wildman–Crippen LogP) is 5.53. The highest BCUT2D eigenvalue weighted by atomic mass is 16.3. The van der Waals surface area contributed by atoms with E-state index in [1.165, 1.54) is 34.2 Å². The van der Waals surface area contributed by atoms with Crippen molar-refractivity contribution in [3.8, 4) is 16.9 Å². The van der Waals surface area contributed by atoms with Gasteiger partial charge in [-0.15, -0.1) is 0 Å². The first-order valence-electron chi connectivity index (χ1n) is 8.13. The topological polar surface area (TPSA) is 20.2 Å². The van der Waals surface area contributed by atoms with E-state index in [2.05, 4.69) is 39.0 Å². The van der Waals surface area contributed by atoms with E-state index in [-0.39, 0.29) is 0 Å².